The van der Waals surface area contributed by atoms with Crippen molar-refractivity contribution in [2.24, 2.45) is 0 Å². The van der Waals surface area contributed by atoms with Gasteiger partial charge in [-0.3, -0.25) is 0 Å². The third-order valence-electron chi connectivity index (χ3n) is 1.51. The number of alkyl halides is 1. The first-order chi connectivity index (χ1) is 5.79. The second kappa shape index (κ2) is 4.21. The van der Waals surface area contributed by atoms with Gasteiger partial charge in [0, 0.05) is 5.56 Å². The van der Waals surface area contributed by atoms with Gasteiger partial charge in [0.2, 0.25) is 0 Å². The van der Waals surface area contributed by atoms with Crippen molar-refractivity contribution < 1.29 is 9.84 Å². The van der Waals surface area contributed by atoms with Gasteiger partial charge in [-0.15, -0.1) is 11.6 Å². The van der Waals surface area contributed by atoms with E-state index in [4.69, 9.17) is 16.3 Å². The molecule has 0 atom stereocenters. The monoisotopic (exact) mass is 186 g/mol. The molecule has 2 nitrogen and oxygen atoms in total. The predicted octanol–water partition coefficient (Wildman–Crippen LogP) is 2.53. The zero-order chi connectivity index (χ0) is 8.97. The van der Waals surface area contributed by atoms with Crippen LogP contribution in [0.5, 0.6) is 11.5 Å². The normalized spacial score (nSPS) is 9.83. The Bertz CT molecular complexity index is 261. The minimum atomic E-state index is 0.148. The molecule has 0 saturated carbocycles. The van der Waals surface area contributed by atoms with Crippen LogP contribution < -0.4 is 4.74 Å². The van der Waals surface area contributed by atoms with Crippen molar-refractivity contribution in [2.75, 3.05) is 6.61 Å². The number of hydrogen-bond acceptors (Lipinski definition) is 2. The molecule has 1 aromatic rings. The van der Waals surface area contributed by atoms with Crippen LogP contribution in [0.3, 0.4) is 0 Å². The van der Waals surface area contributed by atoms with E-state index in [1.54, 1.807) is 12.1 Å². The van der Waals surface area contributed by atoms with Gasteiger partial charge in [0.25, 0.3) is 0 Å². The Morgan fingerprint density at radius 1 is 1.50 bits per heavy atom. The summed E-state index contributed by atoms with van der Waals surface area (Å²) in [6, 6.07) is 5.16. The lowest BCUT2D eigenvalue weighted by Crippen LogP contribution is -1.95. The highest BCUT2D eigenvalue weighted by atomic mass is 35.5. The van der Waals surface area contributed by atoms with Crippen molar-refractivity contribution in [3.8, 4) is 11.5 Å². The summed E-state index contributed by atoms with van der Waals surface area (Å²) in [4.78, 5) is 0. The third kappa shape index (κ3) is 1.83. The van der Waals surface area contributed by atoms with Gasteiger partial charge in [-0.1, -0.05) is 12.1 Å². The number of phenols is 1. The van der Waals surface area contributed by atoms with E-state index < -0.39 is 0 Å². The van der Waals surface area contributed by atoms with E-state index in [0.29, 0.717) is 18.2 Å². The molecule has 1 rings (SSSR count). The van der Waals surface area contributed by atoms with Crippen molar-refractivity contribution in [3.05, 3.63) is 23.8 Å². The topological polar surface area (TPSA) is 29.5 Å². The van der Waals surface area contributed by atoms with Gasteiger partial charge < -0.3 is 9.84 Å². The van der Waals surface area contributed by atoms with E-state index in [9.17, 15) is 5.11 Å². The maximum atomic E-state index is 9.37. The van der Waals surface area contributed by atoms with Gasteiger partial charge in [-0.25, -0.2) is 0 Å². The molecule has 66 valence electrons. The average molecular weight is 187 g/mol. The maximum Gasteiger partial charge on any atom is 0.165 e. The molecule has 1 aromatic carbocycles. The molecule has 1 N–H and O–H groups in total. The summed E-state index contributed by atoms with van der Waals surface area (Å²) in [6.45, 7) is 2.39. The van der Waals surface area contributed by atoms with Gasteiger partial charge in [-0.05, 0) is 13.0 Å². The SMILES string of the molecule is CCOc1c(O)cccc1CCl. The summed E-state index contributed by atoms with van der Waals surface area (Å²) in [6.07, 6.45) is 0. The van der Waals surface area contributed by atoms with Gasteiger partial charge in [0.1, 0.15) is 0 Å². The van der Waals surface area contributed by atoms with Crippen LogP contribution in [0.15, 0.2) is 18.2 Å². The van der Waals surface area contributed by atoms with Crippen LogP contribution in [0.1, 0.15) is 12.5 Å². The minimum Gasteiger partial charge on any atom is -0.504 e. The largest absolute Gasteiger partial charge is 0.504 e. The number of rotatable bonds is 3. The first-order valence-corrected chi connectivity index (χ1v) is 4.32. The second-order valence-electron chi connectivity index (χ2n) is 2.33. The highest BCUT2D eigenvalue weighted by molar-refractivity contribution is 6.17. The number of hydrogen-bond donors (Lipinski definition) is 1. The highest BCUT2D eigenvalue weighted by Gasteiger charge is 2.06. The zero-order valence-electron chi connectivity index (χ0n) is 6.88. The average Bonchev–Trinajstić information content (AvgIpc) is 2.09. The fourth-order valence-electron chi connectivity index (χ4n) is 0.987. The molecule has 0 unspecified atom stereocenters. The Hall–Kier alpha value is -0.890. The summed E-state index contributed by atoms with van der Waals surface area (Å²) in [7, 11) is 0. The molecule has 3 heteroatoms. The molecule has 12 heavy (non-hydrogen) atoms. The van der Waals surface area contributed by atoms with E-state index in [2.05, 4.69) is 0 Å². The van der Waals surface area contributed by atoms with E-state index in [-0.39, 0.29) is 5.75 Å². The van der Waals surface area contributed by atoms with Crippen molar-refractivity contribution >= 4 is 11.6 Å². The Kier molecular flexibility index (Phi) is 3.23. The lowest BCUT2D eigenvalue weighted by molar-refractivity contribution is 0.315. The third-order valence-corrected chi connectivity index (χ3v) is 1.80. The lowest BCUT2D eigenvalue weighted by atomic mass is 10.2. The quantitative estimate of drug-likeness (QED) is 0.736. The molecule has 0 fully saturated rings. The number of ether oxygens (including phenoxy) is 1. The number of halogens is 1. The zero-order valence-corrected chi connectivity index (χ0v) is 7.64. The molecule has 0 spiro atoms. The summed E-state index contributed by atoms with van der Waals surface area (Å²) >= 11 is 5.65. The van der Waals surface area contributed by atoms with Gasteiger partial charge in [0.15, 0.2) is 11.5 Å². The minimum absolute atomic E-state index is 0.148. The lowest BCUT2D eigenvalue weighted by Gasteiger charge is -2.08. The van der Waals surface area contributed by atoms with Crippen LogP contribution in [0.2, 0.25) is 0 Å². The standard InChI is InChI=1S/C9H11ClO2/c1-2-12-9-7(6-10)4-3-5-8(9)11/h3-5,11H,2,6H2,1H3. The van der Waals surface area contributed by atoms with E-state index >= 15 is 0 Å². The van der Waals surface area contributed by atoms with Gasteiger partial charge in [0.05, 0.1) is 12.5 Å². The Morgan fingerprint density at radius 2 is 2.25 bits per heavy atom. The predicted molar refractivity (Wildman–Crippen MR) is 48.8 cm³/mol. The summed E-state index contributed by atoms with van der Waals surface area (Å²) in [5.74, 6) is 0.994. The number of para-hydroxylation sites is 1. The number of benzene rings is 1. The van der Waals surface area contributed by atoms with Gasteiger partial charge in [-0.2, -0.15) is 0 Å². The summed E-state index contributed by atoms with van der Waals surface area (Å²) < 4.78 is 5.22. The molecule has 0 amide bonds. The second-order valence-corrected chi connectivity index (χ2v) is 2.60. The molecule has 0 heterocycles. The van der Waals surface area contributed by atoms with Crippen LogP contribution in [0, 0.1) is 0 Å². The summed E-state index contributed by atoms with van der Waals surface area (Å²) in [5.41, 5.74) is 0.818. The van der Waals surface area contributed by atoms with Crippen molar-refractivity contribution in [1.82, 2.24) is 0 Å². The first kappa shape index (κ1) is 9.20. The molecule has 0 saturated heterocycles. The maximum absolute atomic E-state index is 9.37. The van der Waals surface area contributed by atoms with Crippen LogP contribution in [0.25, 0.3) is 0 Å². The van der Waals surface area contributed by atoms with E-state index in [0.717, 1.165) is 5.56 Å². The van der Waals surface area contributed by atoms with Gasteiger partial charge >= 0.3 is 0 Å². The molecule has 0 aliphatic heterocycles. The fraction of sp³-hybridized carbons (Fsp3) is 0.333. The Balaban J connectivity index is 3.02. The van der Waals surface area contributed by atoms with Crippen LogP contribution in [0.4, 0.5) is 0 Å². The smallest absolute Gasteiger partial charge is 0.165 e. The van der Waals surface area contributed by atoms with E-state index in [1.807, 2.05) is 13.0 Å². The Morgan fingerprint density at radius 3 is 2.83 bits per heavy atom. The fourth-order valence-corrected chi connectivity index (χ4v) is 1.20. The molecule has 0 aliphatic rings. The van der Waals surface area contributed by atoms with Crippen LogP contribution >= 0.6 is 11.6 Å². The van der Waals surface area contributed by atoms with Crippen LogP contribution in [-0.2, 0) is 5.88 Å². The molecule has 0 bridgehead atoms. The van der Waals surface area contributed by atoms with E-state index in [1.165, 1.54) is 0 Å². The molecule has 0 aliphatic carbocycles. The number of aromatic hydroxyl groups is 1. The molecule has 0 aromatic heterocycles. The first-order valence-electron chi connectivity index (χ1n) is 3.79. The molecular weight excluding hydrogens is 176 g/mol. The van der Waals surface area contributed by atoms with Crippen molar-refractivity contribution in [2.45, 2.75) is 12.8 Å². The molecule has 0 radical (unpaired) electrons. The molecular formula is C9H11ClO2. The van der Waals surface area contributed by atoms with Crippen molar-refractivity contribution in [3.63, 3.8) is 0 Å². The summed E-state index contributed by atoms with van der Waals surface area (Å²) in [5, 5.41) is 9.37. The van der Waals surface area contributed by atoms with Crippen molar-refractivity contribution in [1.29, 1.82) is 0 Å². The van der Waals surface area contributed by atoms with Crippen LogP contribution in [-0.4, -0.2) is 11.7 Å². The Labute approximate surface area is 76.7 Å². The highest BCUT2D eigenvalue weighted by Crippen LogP contribution is 2.30. The number of phenolic OH excluding ortho intramolecular Hbond substituents is 1.